The van der Waals surface area contributed by atoms with Crippen molar-refractivity contribution in [3.63, 3.8) is 0 Å². The van der Waals surface area contributed by atoms with Crippen LogP contribution < -0.4 is 5.73 Å². The van der Waals surface area contributed by atoms with Crippen LogP contribution in [-0.2, 0) is 4.79 Å². The molecule has 16 heavy (non-hydrogen) atoms. The summed E-state index contributed by atoms with van der Waals surface area (Å²) in [6, 6.07) is 0.426. The number of carbonyl (C=O) groups excluding carboxylic acids is 1. The monoisotopic (exact) mass is 242 g/mol. The van der Waals surface area contributed by atoms with Crippen molar-refractivity contribution in [2.24, 2.45) is 5.73 Å². The van der Waals surface area contributed by atoms with Gasteiger partial charge in [0.05, 0.1) is 4.99 Å². The topological polar surface area (TPSA) is 46.3 Å². The lowest BCUT2D eigenvalue weighted by Crippen LogP contribution is -2.42. The Hall–Kier alpha value is -0.640. The van der Waals surface area contributed by atoms with Crippen molar-refractivity contribution < 1.29 is 4.79 Å². The molecule has 0 spiro atoms. The summed E-state index contributed by atoms with van der Waals surface area (Å²) in [7, 11) is 0. The number of amides is 1. The Bertz CT molecular complexity index is 249. The van der Waals surface area contributed by atoms with Gasteiger partial charge in [0.2, 0.25) is 5.91 Å². The van der Waals surface area contributed by atoms with Gasteiger partial charge in [0.25, 0.3) is 0 Å². The molecule has 0 atom stereocenters. The van der Waals surface area contributed by atoms with Gasteiger partial charge in [0, 0.05) is 25.4 Å². The van der Waals surface area contributed by atoms with Crippen LogP contribution in [0.1, 0.15) is 51.9 Å². The van der Waals surface area contributed by atoms with Crippen molar-refractivity contribution in [2.45, 2.75) is 57.9 Å². The first kappa shape index (κ1) is 13.4. The first-order chi connectivity index (χ1) is 7.65. The minimum Gasteiger partial charge on any atom is -0.393 e. The Morgan fingerprint density at radius 1 is 1.38 bits per heavy atom. The van der Waals surface area contributed by atoms with Gasteiger partial charge in [-0.1, -0.05) is 38.4 Å². The van der Waals surface area contributed by atoms with E-state index in [4.69, 9.17) is 18.0 Å². The zero-order valence-electron chi connectivity index (χ0n) is 10.1. The van der Waals surface area contributed by atoms with E-state index in [-0.39, 0.29) is 5.91 Å². The lowest BCUT2D eigenvalue weighted by atomic mass is 9.94. The SMILES string of the molecule is CCC(=O)N(CCC(N)=S)C1CCCCC1. The largest absolute Gasteiger partial charge is 0.393 e. The molecule has 1 amide bonds. The molecule has 0 radical (unpaired) electrons. The molecular formula is C12H22N2OS. The highest BCUT2D eigenvalue weighted by molar-refractivity contribution is 7.80. The van der Waals surface area contributed by atoms with Crippen LogP contribution in [0.2, 0.25) is 0 Å². The van der Waals surface area contributed by atoms with E-state index in [9.17, 15) is 4.79 Å². The molecule has 3 nitrogen and oxygen atoms in total. The molecule has 1 aliphatic rings. The van der Waals surface area contributed by atoms with E-state index in [0.29, 0.717) is 30.4 Å². The van der Waals surface area contributed by atoms with Crippen LogP contribution in [-0.4, -0.2) is 28.4 Å². The third kappa shape index (κ3) is 4.08. The third-order valence-corrected chi connectivity index (χ3v) is 3.44. The maximum absolute atomic E-state index is 11.9. The highest BCUT2D eigenvalue weighted by Gasteiger charge is 2.23. The van der Waals surface area contributed by atoms with Gasteiger partial charge in [-0.15, -0.1) is 0 Å². The maximum Gasteiger partial charge on any atom is 0.222 e. The average molecular weight is 242 g/mol. The molecule has 0 aromatic heterocycles. The molecule has 2 N–H and O–H groups in total. The Morgan fingerprint density at radius 2 is 2.00 bits per heavy atom. The zero-order valence-corrected chi connectivity index (χ0v) is 10.9. The smallest absolute Gasteiger partial charge is 0.222 e. The highest BCUT2D eigenvalue weighted by atomic mass is 32.1. The minimum atomic E-state index is 0.239. The Labute approximate surface area is 103 Å². The van der Waals surface area contributed by atoms with Crippen LogP contribution in [0.25, 0.3) is 0 Å². The van der Waals surface area contributed by atoms with Crippen molar-refractivity contribution >= 4 is 23.1 Å². The summed E-state index contributed by atoms with van der Waals surface area (Å²) < 4.78 is 0. The predicted octanol–water partition coefficient (Wildman–Crippen LogP) is 2.23. The fourth-order valence-electron chi connectivity index (χ4n) is 2.34. The summed E-state index contributed by atoms with van der Waals surface area (Å²) >= 11 is 4.88. The predicted molar refractivity (Wildman–Crippen MR) is 70.3 cm³/mol. The van der Waals surface area contributed by atoms with Crippen LogP contribution in [0.5, 0.6) is 0 Å². The summed E-state index contributed by atoms with van der Waals surface area (Å²) in [5.41, 5.74) is 5.51. The van der Waals surface area contributed by atoms with Crippen molar-refractivity contribution in [3.8, 4) is 0 Å². The number of nitrogens with zero attached hydrogens (tertiary/aromatic N) is 1. The summed E-state index contributed by atoms with van der Waals surface area (Å²) in [6.07, 6.45) is 7.30. The third-order valence-electron chi connectivity index (χ3n) is 3.24. The van der Waals surface area contributed by atoms with Crippen molar-refractivity contribution in [2.75, 3.05) is 6.54 Å². The quantitative estimate of drug-likeness (QED) is 0.752. The number of hydrogen-bond donors (Lipinski definition) is 1. The van der Waals surface area contributed by atoms with Gasteiger partial charge < -0.3 is 10.6 Å². The number of rotatable bonds is 5. The van der Waals surface area contributed by atoms with Gasteiger partial charge >= 0.3 is 0 Å². The summed E-state index contributed by atoms with van der Waals surface area (Å²) in [6.45, 7) is 2.62. The first-order valence-corrected chi connectivity index (χ1v) is 6.63. The second-order valence-corrected chi connectivity index (χ2v) is 4.97. The summed E-state index contributed by atoms with van der Waals surface area (Å²) in [5.74, 6) is 0.239. The van der Waals surface area contributed by atoms with E-state index < -0.39 is 0 Å². The number of hydrogen-bond acceptors (Lipinski definition) is 2. The van der Waals surface area contributed by atoms with Crippen molar-refractivity contribution in [1.82, 2.24) is 4.90 Å². The molecule has 92 valence electrons. The fraction of sp³-hybridized carbons (Fsp3) is 0.833. The molecule has 1 fully saturated rings. The number of carbonyl (C=O) groups is 1. The van der Waals surface area contributed by atoms with Gasteiger partial charge in [0.1, 0.15) is 0 Å². The molecule has 1 aliphatic carbocycles. The van der Waals surface area contributed by atoms with Crippen molar-refractivity contribution in [3.05, 3.63) is 0 Å². The Balaban J connectivity index is 2.54. The van der Waals surface area contributed by atoms with Crippen LogP contribution in [0.15, 0.2) is 0 Å². The second-order valence-electron chi connectivity index (χ2n) is 4.45. The Kier molecular flexibility index (Phi) is 5.74. The molecule has 0 heterocycles. The zero-order chi connectivity index (χ0) is 12.0. The van der Waals surface area contributed by atoms with Crippen LogP contribution in [0, 0.1) is 0 Å². The number of nitrogens with two attached hydrogens (primary N) is 1. The standard InChI is InChI=1S/C12H22N2OS/c1-2-12(15)14(9-8-11(13)16)10-6-4-3-5-7-10/h10H,2-9H2,1H3,(H2,13,16). The highest BCUT2D eigenvalue weighted by Crippen LogP contribution is 2.23. The maximum atomic E-state index is 11.9. The Morgan fingerprint density at radius 3 is 2.50 bits per heavy atom. The first-order valence-electron chi connectivity index (χ1n) is 6.23. The average Bonchev–Trinajstić information content (AvgIpc) is 2.30. The molecule has 1 rings (SSSR count). The van der Waals surface area contributed by atoms with Crippen LogP contribution in [0.4, 0.5) is 0 Å². The summed E-state index contributed by atoms with van der Waals surface area (Å²) in [4.78, 5) is 14.4. The van der Waals surface area contributed by atoms with Gasteiger partial charge in [-0.05, 0) is 12.8 Å². The molecule has 0 aliphatic heterocycles. The molecule has 1 saturated carbocycles. The number of thiocarbonyl (C=S) groups is 1. The second kappa shape index (κ2) is 6.84. The molecular weight excluding hydrogens is 220 g/mol. The summed E-state index contributed by atoms with van der Waals surface area (Å²) in [5, 5.41) is 0. The molecule has 0 aromatic rings. The lowest BCUT2D eigenvalue weighted by molar-refractivity contribution is -0.133. The van der Waals surface area contributed by atoms with Gasteiger partial charge in [0.15, 0.2) is 0 Å². The van der Waals surface area contributed by atoms with Crippen LogP contribution >= 0.6 is 12.2 Å². The van der Waals surface area contributed by atoms with E-state index in [0.717, 1.165) is 12.8 Å². The van der Waals surface area contributed by atoms with E-state index in [2.05, 4.69) is 0 Å². The lowest BCUT2D eigenvalue weighted by Gasteiger charge is -2.34. The normalized spacial score (nSPS) is 17.1. The van der Waals surface area contributed by atoms with Gasteiger partial charge in [-0.2, -0.15) is 0 Å². The molecule has 0 aromatic carbocycles. The van der Waals surface area contributed by atoms with Gasteiger partial charge in [-0.25, -0.2) is 0 Å². The minimum absolute atomic E-state index is 0.239. The van der Waals surface area contributed by atoms with Crippen LogP contribution in [0.3, 0.4) is 0 Å². The molecule has 0 unspecified atom stereocenters. The molecule has 4 heteroatoms. The van der Waals surface area contributed by atoms with E-state index in [1.165, 1.54) is 19.3 Å². The molecule has 0 bridgehead atoms. The van der Waals surface area contributed by atoms with Crippen molar-refractivity contribution in [1.29, 1.82) is 0 Å². The molecule has 0 saturated heterocycles. The van der Waals surface area contributed by atoms with Gasteiger partial charge in [-0.3, -0.25) is 4.79 Å². The van der Waals surface area contributed by atoms with E-state index in [1.807, 2.05) is 11.8 Å². The van der Waals surface area contributed by atoms with E-state index in [1.54, 1.807) is 0 Å². The fourth-order valence-corrected chi connectivity index (χ4v) is 2.43. The van der Waals surface area contributed by atoms with E-state index >= 15 is 0 Å².